The zero-order valence-corrected chi connectivity index (χ0v) is 15.3. The number of hydrogen-bond acceptors (Lipinski definition) is 5. The molecule has 2 aromatic rings. The first-order valence-electron chi connectivity index (χ1n) is 9.35. The summed E-state index contributed by atoms with van der Waals surface area (Å²) in [6.45, 7) is 7.10. The number of benzene rings is 1. The second kappa shape index (κ2) is 7.70. The molecule has 0 saturated carbocycles. The van der Waals surface area contributed by atoms with E-state index >= 15 is 0 Å². The number of likely N-dealkylation sites (N-methyl/N-ethyl adjacent to an activating group) is 1. The van der Waals surface area contributed by atoms with Crippen LogP contribution in [0, 0.1) is 0 Å². The molecule has 0 N–H and O–H groups in total. The second-order valence-electron chi connectivity index (χ2n) is 7.26. The van der Waals surface area contributed by atoms with E-state index < -0.39 is 0 Å². The van der Waals surface area contributed by atoms with E-state index in [1.807, 2.05) is 35.4 Å². The standard InChI is InChI=1S/C20H26N4O2/c1-22-6-8-23(9-7-22)14-17-15-24(10-11-26-17)20(25)19-13-21-12-16-4-2-3-5-18(16)19/h2-5,12-13,17H,6-11,14-15H2,1H3. The van der Waals surface area contributed by atoms with Crippen molar-refractivity contribution in [2.45, 2.75) is 6.10 Å². The summed E-state index contributed by atoms with van der Waals surface area (Å²) >= 11 is 0. The van der Waals surface area contributed by atoms with Gasteiger partial charge in [0.1, 0.15) is 0 Å². The Morgan fingerprint density at radius 1 is 1.15 bits per heavy atom. The van der Waals surface area contributed by atoms with Crippen LogP contribution in [0.4, 0.5) is 0 Å². The van der Waals surface area contributed by atoms with Gasteiger partial charge in [-0.25, -0.2) is 0 Å². The predicted molar refractivity (Wildman–Crippen MR) is 101 cm³/mol. The van der Waals surface area contributed by atoms with Crippen LogP contribution in [0.1, 0.15) is 10.4 Å². The number of carbonyl (C=O) groups excluding carboxylic acids is 1. The first-order chi connectivity index (χ1) is 12.7. The molecule has 138 valence electrons. The van der Waals surface area contributed by atoms with Crippen LogP contribution in [0.3, 0.4) is 0 Å². The van der Waals surface area contributed by atoms with Crippen LogP contribution < -0.4 is 0 Å². The summed E-state index contributed by atoms with van der Waals surface area (Å²) < 4.78 is 5.95. The molecular formula is C20H26N4O2. The lowest BCUT2D eigenvalue weighted by atomic mass is 10.1. The summed E-state index contributed by atoms with van der Waals surface area (Å²) in [5.74, 6) is 0.0565. The van der Waals surface area contributed by atoms with E-state index in [1.165, 1.54) is 0 Å². The molecule has 3 heterocycles. The Labute approximate surface area is 154 Å². The molecule has 0 radical (unpaired) electrons. The maximum Gasteiger partial charge on any atom is 0.256 e. The molecule has 1 atom stereocenters. The van der Waals surface area contributed by atoms with Gasteiger partial charge >= 0.3 is 0 Å². The third-order valence-electron chi connectivity index (χ3n) is 5.38. The number of aromatic nitrogens is 1. The van der Waals surface area contributed by atoms with E-state index in [4.69, 9.17) is 4.74 Å². The monoisotopic (exact) mass is 354 g/mol. The minimum atomic E-state index is 0.0565. The van der Waals surface area contributed by atoms with Crippen LogP contribution in [0.2, 0.25) is 0 Å². The number of carbonyl (C=O) groups is 1. The highest BCUT2D eigenvalue weighted by Gasteiger charge is 2.28. The third-order valence-corrected chi connectivity index (χ3v) is 5.38. The van der Waals surface area contributed by atoms with Gasteiger partial charge in [-0.3, -0.25) is 14.7 Å². The summed E-state index contributed by atoms with van der Waals surface area (Å²) in [6, 6.07) is 7.93. The minimum Gasteiger partial charge on any atom is -0.373 e. The zero-order valence-electron chi connectivity index (χ0n) is 15.3. The summed E-state index contributed by atoms with van der Waals surface area (Å²) in [5.41, 5.74) is 0.684. The third kappa shape index (κ3) is 3.72. The molecule has 2 fully saturated rings. The number of fused-ring (bicyclic) bond motifs is 1. The van der Waals surface area contributed by atoms with Crippen LogP contribution in [-0.2, 0) is 4.74 Å². The van der Waals surface area contributed by atoms with Crippen molar-refractivity contribution in [3.05, 3.63) is 42.2 Å². The molecule has 0 bridgehead atoms. The number of ether oxygens (including phenoxy) is 1. The van der Waals surface area contributed by atoms with E-state index in [9.17, 15) is 4.79 Å². The van der Waals surface area contributed by atoms with Crippen molar-refractivity contribution in [1.82, 2.24) is 19.7 Å². The second-order valence-corrected chi connectivity index (χ2v) is 7.26. The van der Waals surface area contributed by atoms with Crippen molar-refractivity contribution in [1.29, 1.82) is 0 Å². The van der Waals surface area contributed by atoms with Crippen molar-refractivity contribution in [2.24, 2.45) is 0 Å². The van der Waals surface area contributed by atoms with Gasteiger partial charge in [-0.2, -0.15) is 0 Å². The van der Waals surface area contributed by atoms with Crippen molar-refractivity contribution >= 4 is 16.7 Å². The molecule has 1 unspecified atom stereocenters. The lowest BCUT2D eigenvalue weighted by Gasteiger charge is -2.38. The van der Waals surface area contributed by atoms with E-state index in [2.05, 4.69) is 21.8 Å². The Bertz CT molecular complexity index is 768. The smallest absolute Gasteiger partial charge is 0.256 e. The summed E-state index contributed by atoms with van der Waals surface area (Å²) in [6.07, 6.45) is 3.58. The largest absolute Gasteiger partial charge is 0.373 e. The predicted octanol–water partition coefficient (Wildman–Crippen LogP) is 1.32. The molecule has 2 saturated heterocycles. The van der Waals surface area contributed by atoms with Gasteiger partial charge in [0.15, 0.2) is 0 Å². The first kappa shape index (κ1) is 17.4. The highest BCUT2D eigenvalue weighted by atomic mass is 16.5. The normalized spacial score (nSPS) is 22.7. The maximum absolute atomic E-state index is 13.1. The van der Waals surface area contributed by atoms with Gasteiger partial charge in [0.2, 0.25) is 0 Å². The molecule has 2 aliphatic heterocycles. The van der Waals surface area contributed by atoms with Gasteiger partial charge in [-0.1, -0.05) is 24.3 Å². The molecule has 6 heteroatoms. The summed E-state index contributed by atoms with van der Waals surface area (Å²) in [5, 5.41) is 1.97. The van der Waals surface area contributed by atoms with Crippen LogP contribution in [0.25, 0.3) is 10.8 Å². The van der Waals surface area contributed by atoms with Crippen molar-refractivity contribution in [3.8, 4) is 0 Å². The number of nitrogens with zero attached hydrogens (tertiary/aromatic N) is 4. The molecule has 1 aromatic carbocycles. The van der Waals surface area contributed by atoms with Gasteiger partial charge in [0.05, 0.1) is 18.3 Å². The van der Waals surface area contributed by atoms with E-state index in [0.717, 1.165) is 43.5 Å². The fourth-order valence-corrected chi connectivity index (χ4v) is 3.79. The average Bonchev–Trinajstić information content (AvgIpc) is 2.69. The lowest BCUT2D eigenvalue weighted by molar-refractivity contribution is -0.0399. The highest BCUT2D eigenvalue weighted by molar-refractivity contribution is 6.06. The van der Waals surface area contributed by atoms with Gasteiger partial charge in [0.25, 0.3) is 5.91 Å². The minimum absolute atomic E-state index is 0.0565. The molecule has 2 aliphatic rings. The maximum atomic E-state index is 13.1. The molecule has 4 rings (SSSR count). The number of hydrogen-bond donors (Lipinski definition) is 0. The number of pyridine rings is 1. The Hall–Kier alpha value is -2.02. The van der Waals surface area contributed by atoms with Crippen LogP contribution in [-0.4, -0.2) is 91.2 Å². The van der Waals surface area contributed by atoms with Crippen LogP contribution >= 0.6 is 0 Å². The Morgan fingerprint density at radius 2 is 1.96 bits per heavy atom. The number of piperazine rings is 1. The molecule has 1 aromatic heterocycles. The van der Waals surface area contributed by atoms with Crippen molar-refractivity contribution in [3.63, 3.8) is 0 Å². The number of amides is 1. The quantitative estimate of drug-likeness (QED) is 0.832. The van der Waals surface area contributed by atoms with Gasteiger partial charge in [-0.15, -0.1) is 0 Å². The lowest BCUT2D eigenvalue weighted by Crippen LogP contribution is -2.52. The van der Waals surface area contributed by atoms with E-state index in [0.29, 0.717) is 25.3 Å². The Balaban J connectivity index is 1.44. The molecule has 1 amide bonds. The van der Waals surface area contributed by atoms with Crippen molar-refractivity contribution in [2.75, 3.05) is 59.5 Å². The van der Waals surface area contributed by atoms with Crippen LogP contribution in [0.5, 0.6) is 0 Å². The van der Waals surface area contributed by atoms with E-state index in [1.54, 1.807) is 6.20 Å². The SMILES string of the molecule is CN1CCN(CC2CN(C(=O)c3cncc4ccccc34)CCO2)CC1. The highest BCUT2D eigenvalue weighted by Crippen LogP contribution is 2.20. The molecule has 0 spiro atoms. The fraction of sp³-hybridized carbons (Fsp3) is 0.500. The summed E-state index contributed by atoms with van der Waals surface area (Å²) in [7, 11) is 2.16. The van der Waals surface area contributed by atoms with Gasteiger partial charge in [-0.05, 0) is 12.4 Å². The number of rotatable bonds is 3. The summed E-state index contributed by atoms with van der Waals surface area (Å²) in [4.78, 5) is 24.1. The van der Waals surface area contributed by atoms with E-state index in [-0.39, 0.29) is 12.0 Å². The average molecular weight is 354 g/mol. The van der Waals surface area contributed by atoms with Gasteiger partial charge < -0.3 is 14.5 Å². The zero-order chi connectivity index (χ0) is 17.9. The number of morpholine rings is 1. The Morgan fingerprint density at radius 3 is 2.81 bits per heavy atom. The fourth-order valence-electron chi connectivity index (χ4n) is 3.79. The molecule has 0 aliphatic carbocycles. The van der Waals surface area contributed by atoms with Gasteiger partial charge in [0, 0.05) is 63.6 Å². The topological polar surface area (TPSA) is 48.9 Å². The molecule has 26 heavy (non-hydrogen) atoms. The first-order valence-corrected chi connectivity index (χ1v) is 9.35. The Kier molecular flexibility index (Phi) is 5.15. The molecule has 6 nitrogen and oxygen atoms in total. The van der Waals surface area contributed by atoms with Crippen LogP contribution in [0.15, 0.2) is 36.7 Å². The molecular weight excluding hydrogens is 328 g/mol. The van der Waals surface area contributed by atoms with Crippen molar-refractivity contribution < 1.29 is 9.53 Å².